The highest BCUT2D eigenvalue weighted by atomic mass is 32.2. The predicted octanol–water partition coefficient (Wildman–Crippen LogP) is 1.77. The van der Waals surface area contributed by atoms with Gasteiger partial charge in [-0.1, -0.05) is 42.5 Å². The lowest BCUT2D eigenvalue weighted by Gasteiger charge is -2.20. The van der Waals surface area contributed by atoms with E-state index in [1.807, 2.05) is 6.07 Å². The van der Waals surface area contributed by atoms with Gasteiger partial charge in [0, 0.05) is 14.1 Å². The largest absolute Gasteiger partial charge is 0.495 e. The highest BCUT2D eigenvalue weighted by Gasteiger charge is 2.27. The Hall–Kier alpha value is -4.22. The van der Waals surface area contributed by atoms with Crippen LogP contribution in [0.5, 0.6) is 5.75 Å². The fourth-order valence-electron chi connectivity index (χ4n) is 4.00. The average molecular weight is 523 g/mol. The molecule has 0 saturated carbocycles. The Morgan fingerprint density at radius 2 is 1.62 bits per heavy atom. The smallest absolute Gasteiger partial charge is 0.330 e. The second-order valence-corrected chi connectivity index (χ2v) is 10.2. The topological polar surface area (TPSA) is 128 Å². The van der Waals surface area contributed by atoms with E-state index in [-0.39, 0.29) is 16.7 Å². The van der Waals surface area contributed by atoms with E-state index < -0.39 is 33.2 Å². The van der Waals surface area contributed by atoms with Gasteiger partial charge in [0.1, 0.15) is 11.8 Å². The number of rotatable bonds is 8. The zero-order chi connectivity index (χ0) is 26.7. The highest BCUT2D eigenvalue weighted by molar-refractivity contribution is 7.89. The minimum atomic E-state index is -4.25. The number of benzene rings is 3. The van der Waals surface area contributed by atoms with Gasteiger partial charge in [0.2, 0.25) is 15.9 Å². The van der Waals surface area contributed by atoms with Gasteiger partial charge in [-0.05, 0) is 42.3 Å². The van der Waals surface area contributed by atoms with Crippen molar-refractivity contribution in [2.24, 2.45) is 14.1 Å². The number of hydrogen-bond donors (Lipinski definition) is 2. The van der Waals surface area contributed by atoms with Crippen LogP contribution in [0.25, 0.3) is 10.9 Å². The third-order valence-corrected chi connectivity index (χ3v) is 7.48. The fourth-order valence-corrected chi connectivity index (χ4v) is 5.22. The van der Waals surface area contributed by atoms with E-state index in [0.29, 0.717) is 17.0 Å². The average Bonchev–Trinajstić information content (AvgIpc) is 2.90. The third-order valence-electron chi connectivity index (χ3n) is 6.01. The number of nitrogens with zero attached hydrogens (tertiary/aromatic N) is 2. The SMILES string of the molecule is COc1ccccc1NC(=O)C(Cc1ccccc1)NS(=O)(=O)c1ccc2c(c1)c(=O)n(C)c(=O)n2C. The van der Waals surface area contributed by atoms with Crippen molar-refractivity contribution in [3.05, 3.63) is 99.2 Å². The number of amides is 1. The zero-order valence-corrected chi connectivity index (χ0v) is 21.3. The lowest BCUT2D eigenvalue weighted by Crippen LogP contribution is -2.45. The third kappa shape index (κ3) is 5.32. The number of para-hydroxylation sites is 2. The summed E-state index contributed by atoms with van der Waals surface area (Å²) in [4.78, 5) is 38.0. The van der Waals surface area contributed by atoms with Crippen LogP contribution < -0.4 is 26.0 Å². The van der Waals surface area contributed by atoms with E-state index in [1.54, 1.807) is 48.5 Å². The standard InChI is InChI=1S/C26H26N4O6S/c1-29-22-14-13-18(16-19(22)25(32)30(2)26(29)33)37(34,35)28-21(15-17-9-5-4-6-10-17)24(31)27-20-11-7-8-12-23(20)36-3/h4-14,16,21,28H,15H2,1-3H3,(H,27,31). The molecule has 37 heavy (non-hydrogen) atoms. The molecule has 1 heterocycles. The zero-order valence-electron chi connectivity index (χ0n) is 20.5. The van der Waals surface area contributed by atoms with Gasteiger partial charge in [-0.25, -0.2) is 13.2 Å². The number of ether oxygens (including phenoxy) is 1. The summed E-state index contributed by atoms with van der Waals surface area (Å²) in [6.07, 6.45) is 0.0743. The van der Waals surface area contributed by atoms with Crippen LogP contribution in [0.4, 0.5) is 5.69 Å². The van der Waals surface area contributed by atoms with E-state index >= 15 is 0 Å². The summed E-state index contributed by atoms with van der Waals surface area (Å²) in [5, 5.41) is 2.79. The van der Waals surface area contributed by atoms with E-state index in [9.17, 15) is 22.8 Å². The first-order valence-corrected chi connectivity index (χ1v) is 12.8. The van der Waals surface area contributed by atoms with Gasteiger partial charge in [-0.15, -0.1) is 0 Å². The number of carbonyl (C=O) groups is 1. The molecule has 11 heteroatoms. The molecule has 0 aliphatic rings. The maximum Gasteiger partial charge on any atom is 0.330 e. The van der Waals surface area contributed by atoms with E-state index in [2.05, 4.69) is 10.0 Å². The Bertz CT molecular complexity index is 1690. The van der Waals surface area contributed by atoms with Gasteiger partial charge in [0.15, 0.2) is 0 Å². The van der Waals surface area contributed by atoms with Gasteiger partial charge in [0.25, 0.3) is 5.56 Å². The van der Waals surface area contributed by atoms with Crippen molar-refractivity contribution in [3.63, 3.8) is 0 Å². The van der Waals surface area contributed by atoms with Crippen LogP contribution >= 0.6 is 0 Å². The number of sulfonamides is 1. The summed E-state index contributed by atoms with van der Waals surface area (Å²) in [6.45, 7) is 0. The van der Waals surface area contributed by atoms with Gasteiger partial charge >= 0.3 is 5.69 Å². The number of fused-ring (bicyclic) bond motifs is 1. The molecule has 0 aliphatic heterocycles. The monoisotopic (exact) mass is 522 g/mol. The molecule has 0 fully saturated rings. The second kappa shape index (κ2) is 10.4. The summed E-state index contributed by atoms with van der Waals surface area (Å²) in [7, 11) is 0.0287. The van der Waals surface area contributed by atoms with Crippen LogP contribution in [-0.2, 0) is 35.3 Å². The van der Waals surface area contributed by atoms with Gasteiger partial charge in [-0.2, -0.15) is 4.72 Å². The van der Waals surface area contributed by atoms with Gasteiger partial charge < -0.3 is 10.1 Å². The molecule has 0 radical (unpaired) electrons. The lowest BCUT2D eigenvalue weighted by molar-refractivity contribution is -0.117. The highest BCUT2D eigenvalue weighted by Crippen LogP contribution is 2.24. The lowest BCUT2D eigenvalue weighted by atomic mass is 10.1. The number of nitrogens with one attached hydrogen (secondary N) is 2. The van der Waals surface area contributed by atoms with Crippen LogP contribution in [0.1, 0.15) is 5.56 Å². The number of hydrogen-bond acceptors (Lipinski definition) is 6. The van der Waals surface area contributed by atoms with Gasteiger partial charge in [-0.3, -0.25) is 18.7 Å². The van der Waals surface area contributed by atoms with Crippen LogP contribution in [0.2, 0.25) is 0 Å². The van der Waals surface area contributed by atoms with E-state index in [4.69, 9.17) is 4.74 Å². The van der Waals surface area contributed by atoms with Crippen molar-refractivity contribution in [3.8, 4) is 5.75 Å². The van der Waals surface area contributed by atoms with Crippen molar-refractivity contribution < 1.29 is 17.9 Å². The normalized spacial score (nSPS) is 12.3. The first-order valence-electron chi connectivity index (χ1n) is 11.3. The van der Waals surface area contributed by atoms with Crippen molar-refractivity contribution in [1.82, 2.24) is 13.9 Å². The molecule has 2 N–H and O–H groups in total. The second-order valence-electron chi connectivity index (χ2n) is 8.44. The first-order chi connectivity index (χ1) is 17.6. The van der Waals surface area contributed by atoms with Gasteiger partial charge in [0.05, 0.1) is 28.6 Å². The summed E-state index contributed by atoms with van der Waals surface area (Å²) >= 11 is 0. The minimum Gasteiger partial charge on any atom is -0.495 e. The molecule has 0 spiro atoms. The molecular formula is C26H26N4O6S. The molecule has 4 rings (SSSR count). The molecule has 1 amide bonds. The number of carbonyl (C=O) groups excluding carboxylic acids is 1. The molecule has 1 unspecified atom stereocenters. The van der Waals surface area contributed by atoms with E-state index in [1.165, 1.54) is 44.0 Å². The Labute approximate surface area is 213 Å². The van der Waals surface area contributed by atoms with Crippen LogP contribution in [0, 0.1) is 0 Å². The molecule has 0 bridgehead atoms. The number of methoxy groups -OCH3 is 1. The Morgan fingerprint density at radius 1 is 0.946 bits per heavy atom. The van der Waals surface area contributed by atoms with Crippen molar-refractivity contribution in [2.45, 2.75) is 17.4 Å². The Kier molecular flexibility index (Phi) is 7.28. The molecule has 0 aliphatic carbocycles. The van der Waals surface area contributed by atoms with Crippen LogP contribution in [-0.4, -0.2) is 36.6 Å². The van der Waals surface area contributed by atoms with Crippen LogP contribution in [0.15, 0.2) is 87.3 Å². The quantitative estimate of drug-likeness (QED) is 0.363. The first kappa shape index (κ1) is 25.9. The van der Waals surface area contributed by atoms with Crippen LogP contribution in [0.3, 0.4) is 0 Å². The number of aromatic nitrogens is 2. The summed E-state index contributed by atoms with van der Waals surface area (Å²) in [5.74, 6) is -0.163. The Balaban J connectivity index is 1.71. The molecular weight excluding hydrogens is 496 g/mol. The van der Waals surface area contributed by atoms with Crippen molar-refractivity contribution in [1.29, 1.82) is 0 Å². The van der Waals surface area contributed by atoms with E-state index in [0.717, 1.165) is 10.1 Å². The Morgan fingerprint density at radius 3 is 2.32 bits per heavy atom. The molecule has 192 valence electrons. The molecule has 0 saturated heterocycles. The fraction of sp³-hybridized carbons (Fsp3) is 0.192. The number of anilines is 1. The molecule has 4 aromatic rings. The predicted molar refractivity (Wildman–Crippen MR) is 140 cm³/mol. The molecule has 1 atom stereocenters. The maximum absolute atomic E-state index is 13.4. The van der Waals surface area contributed by atoms with Crippen molar-refractivity contribution >= 4 is 32.5 Å². The summed E-state index contributed by atoms with van der Waals surface area (Å²) in [6, 6.07) is 18.5. The molecule has 1 aromatic heterocycles. The summed E-state index contributed by atoms with van der Waals surface area (Å²) in [5.41, 5.74) is 0.281. The minimum absolute atomic E-state index is 0.0607. The number of aryl methyl sites for hydroxylation is 1. The molecule has 3 aromatic carbocycles. The summed E-state index contributed by atoms with van der Waals surface area (Å²) < 4.78 is 36.8. The van der Waals surface area contributed by atoms with Crippen molar-refractivity contribution in [2.75, 3.05) is 12.4 Å². The molecule has 10 nitrogen and oxygen atoms in total. The maximum atomic E-state index is 13.4.